The van der Waals surface area contributed by atoms with Crippen LogP contribution in [-0.4, -0.2) is 48.0 Å². The summed E-state index contributed by atoms with van der Waals surface area (Å²) in [6.45, 7) is 2.07. The molecule has 0 radical (unpaired) electrons. The SMILES string of the molecule is O=S(=O)(Cc1ccccc1)NCC1CCCN(c2ncnc3nc[nH]c23)C1. The Balaban J connectivity index is 1.39. The maximum Gasteiger partial charge on any atom is 0.215 e. The summed E-state index contributed by atoms with van der Waals surface area (Å²) >= 11 is 0. The fraction of sp³-hybridized carbons (Fsp3) is 0.389. The Hall–Kier alpha value is -2.52. The molecule has 0 saturated carbocycles. The van der Waals surface area contributed by atoms with Gasteiger partial charge in [-0.3, -0.25) is 0 Å². The molecule has 2 aromatic heterocycles. The van der Waals surface area contributed by atoms with Crippen LogP contribution in [-0.2, 0) is 15.8 Å². The zero-order valence-corrected chi connectivity index (χ0v) is 15.7. The van der Waals surface area contributed by atoms with E-state index in [0.717, 1.165) is 42.8 Å². The number of aromatic amines is 1. The van der Waals surface area contributed by atoms with E-state index < -0.39 is 10.0 Å². The van der Waals surface area contributed by atoms with Crippen molar-refractivity contribution in [1.29, 1.82) is 0 Å². The largest absolute Gasteiger partial charge is 0.354 e. The first kappa shape index (κ1) is 17.9. The van der Waals surface area contributed by atoms with E-state index in [-0.39, 0.29) is 11.7 Å². The van der Waals surface area contributed by atoms with Crippen LogP contribution in [0.1, 0.15) is 18.4 Å². The van der Waals surface area contributed by atoms with Crippen molar-refractivity contribution in [3.63, 3.8) is 0 Å². The Morgan fingerprint density at radius 1 is 1.19 bits per heavy atom. The van der Waals surface area contributed by atoms with Gasteiger partial charge in [-0.2, -0.15) is 0 Å². The van der Waals surface area contributed by atoms with Gasteiger partial charge in [0.1, 0.15) is 11.8 Å². The lowest BCUT2D eigenvalue weighted by Crippen LogP contribution is -2.41. The maximum absolute atomic E-state index is 12.4. The number of hydrogen-bond donors (Lipinski definition) is 2. The summed E-state index contributed by atoms with van der Waals surface area (Å²) in [4.78, 5) is 18.0. The summed E-state index contributed by atoms with van der Waals surface area (Å²) in [5.41, 5.74) is 2.26. The molecule has 9 heteroatoms. The molecule has 0 aliphatic carbocycles. The van der Waals surface area contributed by atoms with Gasteiger partial charge in [-0.15, -0.1) is 0 Å². The monoisotopic (exact) mass is 386 g/mol. The zero-order chi connectivity index (χ0) is 18.7. The van der Waals surface area contributed by atoms with E-state index in [9.17, 15) is 8.42 Å². The molecule has 142 valence electrons. The first-order valence-electron chi connectivity index (χ1n) is 9.01. The molecule has 1 aliphatic rings. The van der Waals surface area contributed by atoms with Crippen LogP contribution in [0.5, 0.6) is 0 Å². The van der Waals surface area contributed by atoms with Crippen LogP contribution < -0.4 is 9.62 Å². The van der Waals surface area contributed by atoms with Crippen molar-refractivity contribution in [2.45, 2.75) is 18.6 Å². The summed E-state index contributed by atoms with van der Waals surface area (Å²) in [5, 5.41) is 0. The molecule has 1 saturated heterocycles. The van der Waals surface area contributed by atoms with E-state index in [0.29, 0.717) is 12.2 Å². The van der Waals surface area contributed by atoms with Gasteiger partial charge in [-0.1, -0.05) is 30.3 Å². The number of benzene rings is 1. The van der Waals surface area contributed by atoms with Crippen molar-refractivity contribution in [2.24, 2.45) is 5.92 Å². The van der Waals surface area contributed by atoms with Crippen molar-refractivity contribution < 1.29 is 8.42 Å². The molecule has 0 spiro atoms. The van der Waals surface area contributed by atoms with Crippen LogP contribution in [0, 0.1) is 5.92 Å². The summed E-state index contributed by atoms with van der Waals surface area (Å²) in [5.74, 6) is 1.07. The fourth-order valence-electron chi connectivity index (χ4n) is 3.51. The van der Waals surface area contributed by atoms with E-state index >= 15 is 0 Å². The number of H-pyrrole nitrogens is 1. The van der Waals surface area contributed by atoms with E-state index in [1.54, 1.807) is 6.33 Å². The van der Waals surface area contributed by atoms with Gasteiger partial charge in [0.25, 0.3) is 0 Å². The van der Waals surface area contributed by atoms with E-state index in [1.807, 2.05) is 30.3 Å². The van der Waals surface area contributed by atoms with Crippen LogP contribution in [0.2, 0.25) is 0 Å². The van der Waals surface area contributed by atoms with Crippen LogP contribution >= 0.6 is 0 Å². The summed E-state index contributed by atoms with van der Waals surface area (Å²) < 4.78 is 27.5. The standard InChI is InChI=1S/C18H22N6O2S/c25-27(26,11-14-5-2-1-3-6-14)23-9-15-7-4-8-24(10-15)18-16-17(20-12-19-16)21-13-22-18/h1-3,5-6,12-13,15,23H,4,7-11H2,(H,19,20,21,22). The van der Waals surface area contributed by atoms with Crippen molar-refractivity contribution in [3.05, 3.63) is 48.5 Å². The Morgan fingerprint density at radius 3 is 2.89 bits per heavy atom. The molecule has 3 heterocycles. The first-order chi connectivity index (χ1) is 13.1. The fourth-order valence-corrected chi connectivity index (χ4v) is 4.73. The number of hydrogen-bond acceptors (Lipinski definition) is 6. The Labute approximate surface area is 158 Å². The molecular weight excluding hydrogens is 364 g/mol. The number of anilines is 1. The predicted molar refractivity (Wildman–Crippen MR) is 104 cm³/mol. The second kappa shape index (κ2) is 7.61. The highest BCUT2D eigenvalue weighted by molar-refractivity contribution is 7.88. The molecule has 2 N–H and O–H groups in total. The summed E-state index contributed by atoms with van der Waals surface area (Å²) in [6.07, 6.45) is 5.11. The minimum atomic E-state index is -3.35. The average molecular weight is 386 g/mol. The lowest BCUT2D eigenvalue weighted by molar-refractivity contribution is 0.409. The molecule has 1 aliphatic heterocycles. The third-order valence-electron chi connectivity index (χ3n) is 4.81. The van der Waals surface area contributed by atoms with Gasteiger partial charge in [0.2, 0.25) is 10.0 Å². The number of fused-ring (bicyclic) bond motifs is 1. The number of aromatic nitrogens is 4. The average Bonchev–Trinajstić information content (AvgIpc) is 3.16. The molecule has 8 nitrogen and oxygen atoms in total. The van der Waals surface area contributed by atoms with Gasteiger partial charge in [-0.25, -0.2) is 28.1 Å². The van der Waals surface area contributed by atoms with Crippen LogP contribution in [0.3, 0.4) is 0 Å². The third-order valence-corrected chi connectivity index (χ3v) is 6.13. The Morgan fingerprint density at radius 2 is 2.04 bits per heavy atom. The molecule has 1 fully saturated rings. The van der Waals surface area contributed by atoms with Gasteiger partial charge >= 0.3 is 0 Å². The molecule has 3 aromatic rings. The Kier molecular flexibility index (Phi) is 5.04. The van der Waals surface area contributed by atoms with E-state index in [4.69, 9.17) is 0 Å². The number of piperidine rings is 1. The van der Waals surface area contributed by atoms with E-state index in [2.05, 4.69) is 29.6 Å². The summed E-state index contributed by atoms with van der Waals surface area (Å²) in [7, 11) is -3.35. The second-order valence-electron chi connectivity index (χ2n) is 6.85. The Bertz CT molecular complexity index is 1000. The highest BCUT2D eigenvalue weighted by Gasteiger charge is 2.24. The first-order valence-corrected chi connectivity index (χ1v) is 10.7. The molecule has 27 heavy (non-hydrogen) atoms. The molecule has 0 amide bonds. The highest BCUT2D eigenvalue weighted by atomic mass is 32.2. The second-order valence-corrected chi connectivity index (χ2v) is 8.65. The normalized spacial score (nSPS) is 18.1. The summed E-state index contributed by atoms with van der Waals surface area (Å²) in [6, 6.07) is 9.23. The molecule has 1 atom stereocenters. The van der Waals surface area contributed by atoms with Gasteiger partial charge in [0.05, 0.1) is 12.1 Å². The van der Waals surface area contributed by atoms with Crippen molar-refractivity contribution >= 4 is 27.0 Å². The molecule has 0 bridgehead atoms. The van der Waals surface area contributed by atoms with Gasteiger partial charge in [0, 0.05) is 19.6 Å². The van der Waals surface area contributed by atoms with Crippen LogP contribution in [0.15, 0.2) is 43.0 Å². The molecule has 4 rings (SSSR count). The smallest absolute Gasteiger partial charge is 0.215 e. The van der Waals surface area contributed by atoms with E-state index in [1.165, 1.54) is 6.33 Å². The van der Waals surface area contributed by atoms with Crippen molar-refractivity contribution in [1.82, 2.24) is 24.7 Å². The number of nitrogens with one attached hydrogen (secondary N) is 2. The van der Waals surface area contributed by atoms with Gasteiger partial charge in [0.15, 0.2) is 11.5 Å². The van der Waals surface area contributed by atoms with Crippen molar-refractivity contribution in [3.8, 4) is 0 Å². The van der Waals surface area contributed by atoms with Crippen molar-refractivity contribution in [2.75, 3.05) is 24.5 Å². The number of sulfonamides is 1. The highest BCUT2D eigenvalue weighted by Crippen LogP contribution is 2.25. The zero-order valence-electron chi connectivity index (χ0n) is 14.9. The van der Waals surface area contributed by atoms with Crippen LogP contribution in [0.25, 0.3) is 11.2 Å². The van der Waals surface area contributed by atoms with Gasteiger partial charge < -0.3 is 9.88 Å². The number of imidazole rings is 1. The quantitative estimate of drug-likeness (QED) is 0.668. The third kappa shape index (κ3) is 4.25. The molecule has 1 aromatic carbocycles. The maximum atomic E-state index is 12.4. The lowest BCUT2D eigenvalue weighted by atomic mass is 9.98. The molecule has 1 unspecified atom stereocenters. The molecular formula is C18H22N6O2S. The predicted octanol–water partition coefficient (Wildman–Crippen LogP) is 1.69. The van der Waals surface area contributed by atoms with Crippen LogP contribution in [0.4, 0.5) is 5.82 Å². The van der Waals surface area contributed by atoms with Gasteiger partial charge in [-0.05, 0) is 24.3 Å². The number of nitrogens with zero attached hydrogens (tertiary/aromatic N) is 4. The minimum absolute atomic E-state index is 0.00491. The topological polar surface area (TPSA) is 104 Å². The number of rotatable bonds is 6. The lowest BCUT2D eigenvalue weighted by Gasteiger charge is -2.33. The minimum Gasteiger partial charge on any atom is -0.354 e.